The summed E-state index contributed by atoms with van der Waals surface area (Å²) in [5.41, 5.74) is -0.272. The molecule has 5 amide bonds. The van der Waals surface area contributed by atoms with Crippen LogP contribution in [0.1, 0.15) is 79.1 Å². The lowest BCUT2D eigenvalue weighted by Crippen LogP contribution is -2.52. The summed E-state index contributed by atoms with van der Waals surface area (Å²) in [5.74, 6) is -3.36. The number of carbonyl (C=O) groups excluding carboxylic acids is 6. The summed E-state index contributed by atoms with van der Waals surface area (Å²) in [7, 11) is 0. The van der Waals surface area contributed by atoms with Crippen molar-refractivity contribution in [3.8, 4) is 0 Å². The molecular weight excluding hydrogens is 580 g/mol. The molecule has 2 rings (SSSR count). The third-order valence-corrected chi connectivity index (χ3v) is 7.97. The summed E-state index contributed by atoms with van der Waals surface area (Å²) >= 11 is 0. The molecule has 1 saturated heterocycles. The number of hydrogen-bond acceptors (Lipinski definition) is 7. The van der Waals surface area contributed by atoms with Crippen LogP contribution >= 0.6 is 0 Å². The first-order chi connectivity index (χ1) is 21.4. The highest BCUT2D eigenvalue weighted by Gasteiger charge is 2.37. The standard InChI is InChI=1S/C32H48N6O7/c1-6-9-10-16-33-30(43)26(40)14-13-24(35-31(44)28-21(4)15-18-38(28)22(5)39)29(42)36-25-12-11-17-37(32(25)45)20-27(41)34-19-23(7-2)8-3/h11-12,17,23-24,28H,4,6-10,13-16,18-20H2,1-3,5H3,(H,33,43)(H,34,41)(H,35,44)(H,36,42)/t24-,28-/m0/s1. The zero-order valence-electron chi connectivity index (χ0n) is 26.9. The van der Waals surface area contributed by atoms with E-state index in [4.69, 9.17) is 0 Å². The van der Waals surface area contributed by atoms with Crippen LogP contribution < -0.4 is 26.8 Å². The number of pyridine rings is 1. The maximum atomic E-state index is 13.4. The van der Waals surface area contributed by atoms with Crippen LogP contribution in [0.3, 0.4) is 0 Å². The van der Waals surface area contributed by atoms with E-state index in [0.29, 0.717) is 37.5 Å². The predicted octanol–water partition coefficient (Wildman–Crippen LogP) is 1.66. The number of nitrogens with one attached hydrogen (secondary N) is 4. The van der Waals surface area contributed by atoms with Crippen LogP contribution in [0.5, 0.6) is 0 Å². The van der Waals surface area contributed by atoms with Crippen LogP contribution in [0.2, 0.25) is 0 Å². The lowest BCUT2D eigenvalue weighted by atomic mass is 10.0. The average Bonchev–Trinajstić information content (AvgIpc) is 3.41. The summed E-state index contributed by atoms with van der Waals surface area (Å²) in [4.78, 5) is 90.6. The zero-order chi connectivity index (χ0) is 33.5. The van der Waals surface area contributed by atoms with Crippen LogP contribution in [0.25, 0.3) is 0 Å². The number of aromatic nitrogens is 1. The number of unbranched alkanes of at least 4 members (excludes halogenated alkanes) is 2. The van der Waals surface area contributed by atoms with Gasteiger partial charge in [0.15, 0.2) is 0 Å². The molecule has 0 unspecified atom stereocenters. The summed E-state index contributed by atoms with van der Waals surface area (Å²) in [6.45, 7) is 12.2. The molecule has 1 aliphatic heterocycles. The Hall–Kier alpha value is -4.29. The Morgan fingerprint density at radius 1 is 1.04 bits per heavy atom. The van der Waals surface area contributed by atoms with Crippen molar-refractivity contribution in [2.24, 2.45) is 5.92 Å². The maximum absolute atomic E-state index is 13.4. The number of likely N-dealkylation sites (tertiary alicyclic amines) is 1. The van der Waals surface area contributed by atoms with E-state index < -0.39 is 41.1 Å². The minimum absolute atomic E-state index is 0.134. The highest BCUT2D eigenvalue weighted by atomic mass is 16.2. The van der Waals surface area contributed by atoms with Gasteiger partial charge in [-0.25, -0.2) is 0 Å². The molecule has 0 saturated carbocycles. The van der Waals surface area contributed by atoms with Gasteiger partial charge in [0.2, 0.25) is 29.4 Å². The fraction of sp³-hybridized carbons (Fsp3) is 0.594. The van der Waals surface area contributed by atoms with Gasteiger partial charge in [0.25, 0.3) is 11.5 Å². The lowest BCUT2D eigenvalue weighted by Gasteiger charge is -2.26. The predicted molar refractivity (Wildman–Crippen MR) is 170 cm³/mol. The van der Waals surface area contributed by atoms with Gasteiger partial charge in [-0.15, -0.1) is 0 Å². The molecule has 2 heterocycles. The van der Waals surface area contributed by atoms with Gasteiger partial charge < -0.3 is 30.7 Å². The Labute approximate surface area is 264 Å². The molecule has 1 fully saturated rings. The van der Waals surface area contributed by atoms with Crippen molar-refractivity contribution >= 4 is 41.0 Å². The maximum Gasteiger partial charge on any atom is 0.287 e. The highest BCUT2D eigenvalue weighted by Crippen LogP contribution is 2.22. The van der Waals surface area contributed by atoms with Crippen molar-refractivity contribution in [3.05, 3.63) is 40.8 Å². The second-order valence-electron chi connectivity index (χ2n) is 11.3. The lowest BCUT2D eigenvalue weighted by molar-refractivity contribution is -0.138. The van der Waals surface area contributed by atoms with Crippen molar-refractivity contribution in [1.82, 2.24) is 25.4 Å². The molecule has 2 atom stereocenters. The molecule has 1 aromatic rings. The number of rotatable bonds is 18. The summed E-state index contributed by atoms with van der Waals surface area (Å²) in [6, 6.07) is 0.539. The van der Waals surface area contributed by atoms with Gasteiger partial charge >= 0.3 is 0 Å². The molecule has 13 nitrogen and oxygen atoms in total. The van der Waals surface area contributed by atoms with E-state index >= 15 is 0 Å². The van der Waals surface area contributed by atoms with Gasteiger partial charge in [0.05, 0.1) is 0 Å². The van der Waals surface area contributed by atoms with E-state index in [-0.39, 0.29) is 36.9 Å². The van der Waals surface area contributed by atoms with E-state index in [9.17, 15) is 33.6 Å². The number of ketones is 1. The van der Waals surface area contributed by atoms with E-state index in [1.165, 1.54) is 30.2 Å². The van der Waals surface area contributed by atoms with Crippen molar-refractivity contribution in [2.45, 2.75) is 97.7 Å². The average molecular weight is 629 g/mol. The molecule has 4 N–H and O–H groups in total. The SMILES string of the molecule is C=C1CCN(C(C)=O)[C@@H]1C(=O)N[C@@H](CCC(=O)C(=O)NCCCCC)C(=O)Nc1cccn(CC(=O)NCC(CC)CC)c1=O. The van der Waals surface area contributed by atoms with E-state index in [1.54, 1.807) is 0 Å². The number of anilines is 1. The van der Waals surface area contributed by atoms with E-state index in [2.05, 4.69) is 27.8 Å². The van der Waals surface area contributed by atoms with Crippen LogP contribution in [0.4, 0.5) is 5.69 Å². The molecule has 0 aromatic carbocycles. The fourth-order valence-corrected chi connectivity index (χ4v) is 5.02. The largest absolute Gasteiger partial charge is 0.354 e. The van der Waals surface area contributed by atoms with Gasteiger partial charge in [0, 0.05) is 39.2 Å². The number of carbonyl (C=O) groups is 6. The molecule has 0 aliphatic carbocycles. The number of Topliss-reactive ketones (excluding diaryl/α,β-unsaturated/α-hetero) is 1. The van der Waals surface area contributed by atoms with Crippen LogP contribution in [-0.2, 0) is 35.3 Å². The second kappa shape index (κ2) is 18.5. The number of hydrogen-bond donors (Lipinski definition) is 4. The molecule has 45 heavy (non-hydrogen) atoms. The summed E-state index contributed by atoms with van der Waals surface area (Å²) < 4.78 is 1.16. The van der Waals surface area contributed by atoms with Crippen LogP contribution in [0, 0.1) is 5.92 Å². The first-order valence-corrected chi connectivity index (χ1v) is 15.8. The van der Waals surface area contributed by atoms with Crippen molar-refractivity contribution in [1.29, 1.82) is 0 Å². The third-order valence-electron chi connectivity index (χ3n) is 7.97. The Morgan fingerprint density at radius 2 is 1.76 bits per heavy atom. The second-order valence-corrected chi connectivity index (χ2v) is 11.3. The zero-order valence-corrected chi connectivity index (χ0v) is 26.9. The minimum atomic E-state index is -1.33. The normalized spacial score (nSPS) is 15.0. The topological polar surface area (TPSA) is 176 Å². The molecule has 1 aromatic heterocycles. The molecule has 0 spiro atoms. The van der Waals surface area contributed by atoms with Gasteiger partial charge in [-0.3, -0.25) is 33.6 Å². The van der Waals surface area contributed by atoms with Crippen molar-refractivity contribution in [3.63, 3.8) is 0 Å². The smallest absolute Gasteiger partial charge is 0.287 e. The Balaban J connectivity index is 2.19. The molecule has 248 valence electrons. The fourth-order valence-electron chi connectivity index (χ4n) is 5.02. The monoisotopic (exact) mass is 628 g/mol. The Bertz CT molecular complexity index is 1300. The first-order valence-electron chi connectivity index (χ1n) is 15.8. The highest BCUT2D eigenvalue weighted by molar-refractivity contribution is 6.36. The van der Waals surface area contributed by atoms with Gasteiger partial charge in [-0.1, -0.05) is 53.0 Å². The van der Waals surface area contributed by atoms with Gasteiger partial charge in [-0.05, 0) is 42.9 Å². The number of nitrogens with zero attached hydrogens (tertiary/aromatic N) is 2. The Morgan fingerprint density at radius 3 is 2.40 bits per heavy atom. The molecule has 13 heteroatoms. The van der Waals surface area contributed by atoms with Crippen molar-refractivity contribution < 1.29 is 28.8 Å². The van der Waals surface area contributed by atoms with Crippen molar-refractivity contribution in [2.75, 3.05) is 25.0 Å². The summed E-state index contributed by atoms with van der Waals surface area (Å²) in [5, 5.41) is 10.5. The molecule has 0 bridgehead atoms. The first kappa shape index (κ1) is 36.9. The van der Waals surface area contributed by atoms with E-state index in [0.717, 1.165) is 36.7 Å². The number of amides is 5. The Kier molecular flexibility index (Phi) is 15.2. The van der Waals surface area contributed by atoms with Crippen LogP contribution in [0.15, 0.2) is 35.3 Å². The molecular formula is C32H48N6O7. The van der Waals surface area contributed by atoms with Gasteiger partial charge in [0.1, 0.15) is 24.3 Å². The quantitative estimate of drug-likeness (QED) is 0.109. The van der Waals surface area contributed by atoms with E-state index in [1.807, 2.05) is 20.8 Å². The molecule has 0 radical (unpaired) electrons. The minimum Gasteiger partial charge on any atom is -0.354 e. The molecule has 1 aliphatic rings. The summed E-state index contributed by atoms with van der Waals surface area (Å²) in [6.07, 6.45) is 5.65. The third kappa shape index (κ3) is 11.3. The van der Waals surface area contributed by atoms with Gasteiger partial charge in [-0.2, -0.15) is 0 Å². The van der Waals surface area contributed by atoms with Crippen LogP contribution in [-0.4, -0.2) is 76.5 Å².